The number of hydrogen-bond donors (Lipinski definition) is 6. The smallest absolute Gasteiger partial charge is 0.302 e. The average Bonchev–Trinajstić information content (AvgIpc) is 1.98. The predicted octanol–water partition coefficient (Wildman–Crippen LogP) is -5.29. The van der Waals surface area contributed by atoms with E-state index in [2.05, 4.69) is 25.9 Å². The normalized spacial score (nSPS) is 51.0. The molecule has 1 saturated heterocycles. The topological polar surface area (TPSA) is 279 Å². The molecule has 0 aromatic rings. The van der Waals surface area contributed by atoms with E-state index in [1.807, 2.05) is 0 Å². The fourth-order valence-electron chi connectivity index (χ4n) is 0.872. The van der Waals surface area contributed by atoms with Gasteiger partial charge in [-0.2, -0.15) is 25.9 Å². The van der Waals surface area contributed by atoms with Crippen LogP contribution in [0.2, 0.25) is 0 Å². The maximum atomic E-state index is 11.2. The zero-order chi connectivity index (χ0) is 19.2. The number of hydrogen-bond acceptors (Lipinski definition) is 12. The van der Waals surface area contributed by atoms with Gasteiger partial charge in [0, 0.05) is 0 Å². The maximum absolute atomic E-state index is 11.2. The quantitative estimate of drug-likeness (QED) is 0.123. The van der Waals surface area contributed by atoms with Crippen LogP contribution in [0.4, 0.5) is 0 Å². The molecule has 0 spiro atoms. The Hall–Kier alpha value is 3.54. The van der Waals surface area contributed by atoms with E-state index in [-0.39, 0.29) is 80.9 Å². The Labute approximate surface area is 207 Å². The molecule has 0 bridgehead atoms. The summed E-state index contributed by atoms with van der Waals surface area (Å²) >= 11 is 0. The summed E-state index contributed by atoms with van der Waals surface area (Å²) in [5.41, 5.74) is 0. The summed E-state index contributed by atoms with van der Waals surface area (Å²) in [5.74, 6) is 0. The largest absolute Gasteiger partial charge is 1.00 e. The zero-order valence-electron chi connectivity index (χ0n) is 12.3. The third kappa shape index (κ3) is 12.4. The van der Waals surface area contributed by atoms with Crippen LogP contribution >= 0.6 is 46.9 Å². The molecule has 1 rings (SSSR count). The Morgan fingerprint density at radius 2 is 0.462 bits per heavy atom. The van der Waals surface area contributed by atoms with Gasteiger partial charge in [0.05, 0.1) is 0 Å². The summed E-state index contributed by atoms with van der Waals surface area (Å²) in [7, 11) is -36.7. The molecule has 26 heteroatoms. The molecule has 18 nitrogen and oxygen atoms in total. The molecule has 0 atom stereocenters. The predicted molar refractivity (Wildman–Crippen MR) is 65.5 cm³/mol. The van der Waals surface area contributed by atoms with Gasteiger partial charge >= 0.3 is 128 Å². The van der Waals surface area contributed by atoms with Crippen LogP contribution in [0.3, 0.4) is 0 Å². The molecule has 0 aliphatic carbocycles. The summed E-state index contributed by atoms with van der Waals surface area (Å²) in [6.07, 6.45) is 0. The molecule has 0 aromatic heterocycles. The van der Waals surface area contributed by atoms with Crippen LogP contribution in [0, 0.1) is 0 Å². The van der Waals surface area contributed by atoms with Crippen molar-refractivity contribution in [1.29, 1.82) is 0 Å². The van der Waals surface area contributed by atoms with Crippen molar-refractivity contribution in [2.24, 2.45) is 0 Å². The van der Waals surface area contributed by atoms with Crippen LogP contribution in [0.15, 0.2) is 0 Å². The van der Waals surface area contributed by atoms with Crippen molar-refractivity contribution >= 4 is 46.9 Å². The molecule has 144 valence electrons. The SMILES string of the molecule is O=P1(O)OP(=O)(O)OP(=O)(O)OP(=O)(O)OP(=O)(O)OP(=O)(O)O1.[K+].[Na+]. The molecule has 26 heavy (non-hydrogen) atoms. The maximum Gasteiger partial charge on any atom is 1.00 e. The van der Waals surface area contributed by atoms with E-state index in [0.29, 0.717) is 0 Å². The first-order chi connectivity index (χ1) is 10.2. The summed E-state index contributed by atoms with van der Waals surface area (Å²) in [6, 6.07) is 0. The Balaban J connectivity index is 0. The van der Waals surface area contributed by atoms with Crippen molar-refractivity contribution in [3.8, 4) is 0 Å². The minimum atomic E-state index is -6.11. The third-order valence-corrected chi connectivity index (χ3v) is 11.1. The monoisotopic (exact) mass is 542 g/mol. The van der Waals surface area contributed by atoms with Gasteiger partial charge < -0.3 is 29.4 Å². The van der Waals surface area contributed by atoms with Gasteiger partial charge in [-0.1, -0.05) is 0 Å². The molecule has 1 aliphatic heterocycles. The number of phosphoric acid groups is 6. The second-order valence-electron chi connectivity index (χ2n) is 3.30. The van der Waals surface area contributed by atoms with Crippen molar-refractivity contribution in [2.75, 3.05) is 0 Å². The van der Waals surface area contributed by atoms with Crippen LogP contribution in [0.25, 0.3) is 0 Å². The van der Waals surface area contributed by atoms with Crippen molar-refractivity contribution in [1.82, 2.24) is 0 Å². The summed E-state index contributed by atoms with van der Waals surface area (Å²) < 4.78 is 86.9. The first-order valence-corrected chi connectivity index (χ1v) is 13.5. The Morgan fingerprint density at radius 3 is 0.538 bits per heavy atom. The van der Waals surface area contributed by atoms with E-state index in [1.54, 1.807) is 0 Å². The Kier molecular flexibility index (Phi) is 12.7. The van der Waals surface area contributed by atoms with Gasteiger partial charge in [0.25, 0.3) is 0 Å². The van der Waals surface area contributed by atoms with E-state index in [0.717, 1.165) is 0 Å². The van der Waals surface area contributed by atoms with E-state index >= 15 is 0 Å². The van der Waals surface area contributed by atoms with Crippen LogP contribution < -0.4 is 80.9 Å². The average molecular weight is 542 g/mol. The standard InChI is InChI=1S/K.Na.H6O18P6/c;;1-19(2)13-20(3,4)15-22(7,8)17-24(11,12)18-23(9,10)16-21(5,6)14-19/h;;(H,1,2)(H,3,4)(H,5,6)(H,7,8)(H,9,10)(H,11,12)/q2*+1;. The molecular formula is H6KNaO18P6+2. The molecule has 0 radical (unpaired) electrons. The van der Waals surface area contributed by atoms with Gasteiger partial charge in [0.2, 0.25) is 0 Å². The first-order valence-electron chi connectivity index (χ1n) is 4.49. The minimum Gasteiger partial charge on any atom is -0.302 e. The summed E-state index contributed by atoms with van der Waals surface area (Å²) in [6.45, 7) is 0. The van der Waals surface area contributed by atoms with Crippen LogP contribution in [-0.4, -0.2) is 29.4 Å². The fourth-order valence-corrected chi connectivity index (χ4v) is 9.46. The molecule has 0 amide bonds. The van der Waals surface area contributed by atoms with Crippen molar-refractivity contribution in [2.45, 2.75) is 0 Å². The molecule has 1 heterocycles. The zero-order valence-corrected chi connectivity index (χ0v) is 22.8. The molecule has 0 saturated carbocycles. The van der Waals surface area contributed by atoms with Gasteiger partial charge in [-0.15, -0.1) is 0 Å². The van der Waals surface area contributed by atoms with E-state index in [1.165, 1.54) is 0 Å². The van der Waals surface area contributed by atoms with E-state index in [4.69, 9.17) is 29.4 Å². The van der Waals surface area contributed by atoms with Gasteiger partial charge in [-0.3, -0.25) is 0 Å². The second-order valence-corrected chi connectivity index (χ2v) is 12.8. The minimum absolute atomic E-state index is 0. The molecule has 0 aromatic carbocycles. The van der Waals surface area contributed by atoms with Crippen LogP contribution in [0.5, 0.6) is 0 Å². The molecular weight excluding hydrogens is 536 g/mol. The molecule has 1 fully saturated rings. The fraction of sp³-hybridized carbons (Fsp3) is 0. The van der Waals surface area contributed by atoms with Crippen LogP contribution in [0.1, 0.15) is 0 Å². The van der Waals surface area contributed by atoms with Gasteiger partial charge in [0.1, 0.15) is 0 Å². The molecule has 0 unspecified atom stereocenters. The van der Waals surface area contributed by atoms with Gasteiger partial charge in [-0.25, -0.2) is 27.4 Å². The molecule has 6 N–H and O–H groups in total. The van der Waals surface area contributed by atoms with Crippen LogP contribution in [-0.2, 0) is 53.3 Å². The Bertz CT molecular complexity index is 587. The summed E-state index contributed by atoms with van der Waals surface area (Å²) in [5, 5.41) is 0. The van der Waals surface area contributed by atoms with Gasteiger partial charge in [0.15, 0.2) is 0 Å². The third-order valence-electron chi connectivity index (χ3n) is 1.24. The van der Waals surface area contributed by atoms with Crippen molar-refractivity contribution in [3.63, 3.8) is 0 Å². The molecule has 1 aliphatic rings. The van der Waals surface area contributed by atoms with E-state index < -0.39 is 46.9 Å². The Morgan fingerprint density at radius 1 is 0.385 bits per heavy atom. The van der Waals surface area contributed by atoms with Crippen molar-refractivity contribution in [3.05, 3.63) is 0 Å². The van der Waals surface area contributed by atoms with Crippen molar-refractivity contribution < 1.29 is 164 Å². The summed E-state index contributed by atoms with van der Waals surface area (Å²) in [4.78, 5) is 53.6. The van der Waals surface area contributed by atoms with Gasteiger partial charge in [-0.05, 0) is 0 Å². The van der Waals surface area contributed by atoms with E-state index in [9.17, 15) is 27.4 Å². The first kappa shape index (κ1) is 31.7. The number of rotatable bonds is 0. The second kappa shape index (κ2) is 10.4.